The summed E-state index contributed by atoms with van der Waals surface area (Å²) < 4.78 is 24.6. The molecule has 0 unspecified atom stereocenters. The number of rotatable bonds is 4. The van der Waals surface area contributed by atoms with E-state index in [2.05, 4.69) is 4.98 Å². The third-order valence-electron chi connectivity index (χ3n) is 3.29. The molecule has 2 aromatic carbocycles. The van der Waals surface area contributed by atoms with Gasteiger partial charge in [0.25, 0.3) is 0 Å². The van der Waals surface area contributed by atoms with Crippen LogP contribution >= 0.6 is 11.3 Å². The van der Waals surface area contributed by atoms with Crippen LogP contribution in [-0.4, -0.2) is 19.2 Å². The molecule has 0 fully saturated rings. The van der Waals surface area contributed by atoms with Crippen molar-refractivity contribution < 1.29 is 13.9 Å². The SMILES string of the molecule is COc1cccc(-c2nc(-c3ccccc3F)cs2)c1OC. The molecule has 112 valence electrons. The van der Waals surface area contributed by atoms with Crippen molar-refractivity contribution >= 4 is 11.3 Å². The summed E-state index contributed by atoms with van der Waals surface area (Å²) in [4.78, 5) is 4.54. The zero-order valence-corrected chi connectivity index (χ0v) is 13.0. The second-order valence-electron chi connectivity index (χ2n) is 4.56. The van der Waals surface area contributed by atoms with Crippen molar-refractivity contribution in [2.75, 3.05) is 14.2 Å². The van der Waals surface area contributed by atoms with E-state index in [4.69, 9.17) is 9.47 Å². The lowest BCUT2D eigenvalue weighted by atomic mass is 10.1. The number of nitrogens with zero attached hydrogens (tertiary/aromatic N) is 1. The third-order valence-corrected chi connectivity index (χ3v) is 4.16. The van der Waals surface area contributed by atoms with Gasteiger partial charge in [-0.2, -0.15) is 0 Å². The maximum Gasteiger partial charge on any atom is 0.170 e. The highest BCUT2D eigenvalue weighted by molar-refractivity contribution is 7.13. The van der Waals surface area contributed by atoms with Gasteiger partial charge in [0.2, 0.25) is 0 Å². The summed E-state index contributed by atoms with van der Waals surface area (Å²) in [5.41, 5.74) is 1.93. The number of methoxy groups -OCH3 is 2. The zero-order chi connectivity index (χ0) is 15.5. The molecule has 0 aliphatic heterocycles. The van der Waals surface area contributed by atoms with Crippen LogP contribution in [0.25, 0.3) is 21.8 Å². The van der Waals surface area contributed by atoms with E-state index < -0.39 is 0 Å². The van der Waals surface area contributed by atoms with Crippen LogP contribution in [0.2, 0.25) is 0 Å². The third kappa shape index (κ3) is 2.55. The second kappa shape index (κ2) is 6.15. The number of halogens is 1. The van der Waals surface area contributed by atoms with Crippen LogP contribution in [-0.2, 0) is 0 Å². The maximum absolute atomic E-state index is 13.9. The van der Waals surface area contributed by atoms with E-state index in [1.54, 1.807) is 32.4 Å². The van der Waals surface area contributed by atoms with Crippen LogP contribution in [0.1, 0.15) is 0 Å². The van der Waals surface area contributed by atoms with Crippen molar-refractivity contribution in [3.05, 3.63) is 53.7 Å². The molecule has 0 amide bonds. The van der Waals surface area contributed by atoms with Gasteiger partial charge in [0.15, 0.2) is 11.5 Å². The number of hydrogen-bond acceptors (Lipinski definition) is 4. The number of aromatic nitrogens is 1. The van der Waals surface area contributed by atoms with E-state index in [0.717, 1.165) is 10.6 Å². The van der Waals surface area contributed by atoms with Gasteiger partial charge in [0, 0.05) is 10.9 Å². The minimum absolute atomic E-state index is 0.281. The zero-order valence-electron chi connectivity index (χ0n) is 12.2. The summed E-state index contributed by atoms with van der Waals surface area (Å²) in [5.74, 6) is 0.985. The van der Waals surface area contributed by atoms with Gasteiger partial charge in [0.1, 0.15) is 10.8 Å². The highest BCUT2D eigenvalue weighted by Crippen LogP contribution is 2.40. The molecule has 0 N–H and O–H groups in total. The Bertz CT molecular complexity index is 801. The number of thiazole rings is 1. The lowest BCUT2D eigenvalue weighted by molar-refractivity contribution is 0.356. The van der Waals surface area contributed by atoms with Crippen molar-refractivity contribution in [3.63, 3.8) is 0 Å². The first-order valence-corrected chi connectivity index (χ1v) is 7.54. The molecule has 1 heterocycles. The fourth-order valence-corrected chi connectivity index (χ4v) is 3.09. The van der Waals surface area contributed by atoms with Crippen LogP contribution in [0.15, 0.2) is 47.8 Å². The molecule has 0 aliphatic rings. The summed E-state index contributed by atoms with van der Waals surface area (Å²) in [6.07, 6.45) is 0. The summed E-state index contributed by atoms with van der Waals surface area (Å²) in [7, 11) is 3.18. The molecule has 1 aromatic heterocycles. The van der Waals surface area contributed by atoms with Gasteiger partial charge in [-0.15, -0.1) is 11.3 Å². The fraction of sp³-hybridized carbons (Fsp3) is 0.118. The van der Waals surface area contributed by atoms with E-state index in [-0.39, 0.29) is 5.82 Å². The van der Waals surface area contributed by atoms with Gasteiger partial charge < -0.3 is 9.47 Å². The average molecular weight is 315 g/mol. The second-order valence-corrected chi connectivity index (χ2v) is 5.42. The molecular formula is C17H14FNO2S. The van der Waals surface area contributed by atoms with Gasteiger partial charge in [-0.3, -0.25) is 0 Å². The molecule has 0 saturated carbocycles. The van der Waals surface area contributed by atoms with Crippen LogP contribution in [0.4, 0.5) is 4.39 Å². The Morgan fingerprint density at radius 2 is 1.73 bits per heavy atom. The smallest absolute Gasteiger partial charge is 0.170 e. The first-order valence-electron chi connectivity index (χ1n) is 6.66. The average Bonchev–Trinajstić information content (AvgIpc) is 3.04. The molecule has 0 saturated heterocycles. The van der Waals surface area contributed by atoms with Gasteiger partial charge in [0.05, 0.1) is 25.5 Å². The fourth-order valence-electron chi connectivity index (χ4n) is 2.25. The normalized spacial score (nSPS) is 10.5. The van der Waals surface area contributed by atoms with Crippen molar-refractivity contribution in [2.24, 2.45) is 0 Å². The summed E-state index contributed by atoms with van der Waals surface area (Å²) >= 11 is 1.44. The lowest BCUT2D eigenvalue weighted by Crippen LogP contribution is -1.93. The Morgan fingerprint density at radius 3 is 2.45 bits per heavy atom. The molecule has 3 nitrogen and oxygen atoms in total. The first-order chi connectivity index (χ1) is 10.7. The largest absolute Gasteiger partial charge is 0.493 e. The monoisotopic (exact) mass is 315 g/mol. The molecule has 3 aromatic rings. The van der Waals surface area contributed by atoms with Crippen molar-refractivity contribution in [1.29, 1.82) is 0 Å². The van der Waals surface area contributed by atoms with E-state index >= 15 is 0 Å². The minimum Gasteiger partial charge on any atom is -0.493 e. The molecule has 0 radical (unpaired) electrons. The minimum atomic E-state index is -0.281. The summed E-state index contributed by atoms with van der Waals surface area (Å²) in [6, 6.07) is 12.2. The molecule has 0 atom stereocenters. The molecular weight excluding hydrogens is 301 g/mol. The van der Waals surface area contributed by atoms with E-state index in [1.165, 1.54) is 17.4 Å². The topological polar surface area (TPSA) is 31.4 Å². The number of ether oxygens (including phenoxy) is 2. The summed E-state index contributed by atoms with van der Waals surface area (Å²) in [5, 5.41) is 2.60. The van der Waals surface area contributed by atoms with Crippen LogP contribution in [0.5, 0.6) is 11.5 Å². The molecule has 0 aliphatic carbocycles. The Labute approximate surface area is 132 Å². The highest BCUT2D eigenvalue weighted by Gasteiger charge is 2.16. The number of hydrogen-bond donors (Lipinski definition) is 0. The maximum atomic E-state index is 13.9. The molecule has 0 bridgehead atoms. The Kier molecular flexibility index (Phi) is 4.06. The van der Waals surface area contributed by atoms with E-state index in [0.29, 0.717) is 22.8 Å². The summed E-state index contributed by atoms with van der Waals surface area (Å²) in [6.45, 7) is 0. The van der Waals surface area contributed by atoms with Gasteiger partial charge >= 0.3 is 0 Å². The van der Waals surface area contributed by atoms with Gasteiger partial charge in [-0.05, 0) is 24.3 Å². The Balaban J connectivity index is 2.07. The van der Waals surface area contributed by atoms with Crippen molar-refractivity contribution in [2.45, 2.75) is 0 Å². The predicted molar refractivity (Wildman–Crippen MR) is 86.0 cm³/mol. The van der Waals surface area contributed by atoms with Gasteiger partial charge in [-0.25, -0.2) is 9.37 Å². The number of para-hydroxylation sites is 1. The molecule has 0 spiro atoms. The predicted octanol–water partition coefficient (Wildman–Crippen LogP) is 4.63. The van der Waals surface area contributed by atoms with E-state index in [1.807, 2.05) is 23.6 Å². The first kappa shape index (κ1) is 14.5. The Hall–Kier alpha value is -2.40. The molecule has 5 heteroatoms. The Morgan fingerprint density at radius 1 is 0.955 bits per heavy atom. The number of benzene rings is 2. The lowest BCUT2D eigenvalue weighted by Gasteiger charge is -2.10. The van der Waals surface area contributed by atoms with Crippen LogP contribution < -0.4 is 9.47 Å². The van der Waals surface area contributed by atoms with Crippen molar-refractivity contribution in [3.8, 4) is 33.3 Å². The van der Waals surface area contributed by atoms with Gasteiger partial charge in [-0.1, -0.05) is 18.2 Å². The van der Waals surface area contributed by atoms with Crippen LogP contribution in [0.3, 0.4) is 0 Å². The quantitative estimate of drug-likeness (QED) is 0.703. The van der Waals surface area contributed by atoms with E-state index in [9.17, 15) is 4.39 Å². The highest BCUT2D eigenvalue weighted by atomic mass is 32.1. The van der Waals surface area contributed by atoms with Crippen molar-refractivity contribution in [1.82, 2.24) is 4.98 Å². The molecule has 22 heavy (non-hydrogen) atoms. The van der Waals surface area contributed by atoms with Crippen LogP contribution in [0, 0.1) is 5.82 Å². The standard InChI is InChI=1S/C17H14FNO2S/c1-20-15-9-5-7-12(16(15)21-2)17-19-14(10-22-17)11-6-3-4-8-13(11)18/h3-10H,1-2H3. The molecule has 3 rings (SSSR count).